The van der Waals surface area contributed by atoms with Crippen LogP contribution in [0.5, 0.6) is 0 Å². The maximum atomic E-state index is 12.2. The van der Waals surface area contributed by atoms with Gasteiger partial charge >= 0.3 is 0 Å². The van der Waals surface area contributed by atoms with Gasteiger partial charge in [-0.2, -0.15) is 0 Å². The first-order chi connectivity index (χ1) is 9.62. The largest absolute Gasteiger partial charge is 0.370 e. The highest BCUT2D eigenvalue weighted by atomic mass is 32.2. The minimum atomic E-state index is -3.51. The van der Waals surface area contributed by atoms with Crippen molar-refractivity contribution in [2.75, 3.05) is 25.0 Å². The molecular formula is C13H22N4O2S. The summed E-state index contributed by atoms with van der Waals surface area (Å²) in [4.78, 5) is 6.95. The number of anilines is 1. The lowest BCUT2D eigenvalue weighted by Crippen LogP contribution is -2.44. The van der Waals surface area contributed by atoms with E-state index in [-0.39, 0.29) is 4.90 Å². The van der Waals surface area contributed by atoms with E-state index in [4.69, 9.17) is 0 Å². The van der Waals surface area contributed by atoms with Gasteiger partial charge < -0.3 is 5.32 Å². The molecule has 0 radical (unpaired) electrons. The molecule has 0 atom stereocenters. The average molecular weight is 298 g/mol. The van der Waals surface area contributed by atoms with Gasteiger partial charge in [0.25, 0.3) is 10.0 Å². The molecule has 0 saturated carbocycles. The Labute approximate surface area is 120 Å². The fourth-order valence-electron chi connectivity index (χ4n) is 2.10. The predicted molar refractivity (Wildman–Crippen MR) is 78.8 cm³/mol. The van der Waals surface area contributed by atoms with Gasteiger partial charge in [-0.3, -0.25) is 0 Å². The Bertz CT molecular complexity index is 510. The zero-order valence-electron chi connectivity index (χ0n) is 11.8. The Kier molecular flexibility index (Phi) is 5.33. The van der Waals surface area contributed by atoms with E-state index in [1.54, 1.807) is 17.1 Å². The number of aromatic nitrogens is 1. The zero-order valence-corrected chi connectivity index (χ0v) is 12.6. The fourth-order valence-corrected chi connectivity index (χ4v) is 3.17. The smallest absolute Gasteiger partial charge is 0.254 e. The second-order valence-corrected chi connectivity index (χ2v) is 6.61. The van der Waals surface area contributed by atoms with E-state index < -0.39 is 10.0 Å². The van der Waals surface area contributed by atoms with E-state index >= 15 is 0 Å². The summed E-state index contributed by atoms with van der Waals surface area (Å²) in [6.45, 7) is 4.42. The van der Waals surface area contributed by atoms with Crippen molar-refractivity contribution >= 4 is 15.8 Å². The molecule has 6 nitrogen and oxygen atoms in total. The quantitative estimate of drug-likeness (QED) is 0.834. The number of hydrogen-bond acceptors (Lipinski definition) is 5. The van der Waals surface area contributed by atoms with Gasteiger partial charge in [-0.1, -0.05) is 13.3 Å². The minimum absolute atomic E-state index is 0.199. The maximum absolute atomic E-state index is 12.2. The molecule has 1 aromatic rings. The highest BCUT2D eigenvalue weighted by molar-refractivity contribution is 7.89. The van der Waals surface area contributed by atoms with Crippen LogP contribution in [0.1, 0.15) is 32.6 Å². The number of nitrogens with zero attached hydrogens (tertiary/aromatic N) is 2. The lowest BCUT2D eigenvalue weighted by Gasteiger charge is -2.26. The molecule has 112 valence electrons. The number of sulfonamides is 1. The van der Waals surface area contributed by atoms with Crippen LogP contribution in [0.25, 0.3) is 0 Å². The first kappa shape index (κ1) is 15.2. The molecule has 2 N–H and O–H groups in total. The summed E-state index contributed by atoms with van der Waals surface area (Å²) in [6, 6.07) is 3.28. The zero-order chi connectivity index (χ0) is 14.4. The molecule has 1 fully saturated rings. The molecule has 20 heavy (non-hydrogen) atoms. The maximum Gasteiger partial charge on any atom is 0.254 e. The first-order valence-electron chi connectivity index (χ1n) is 7.09. The van der Waals surface area contributed by atoms with Gasteiger partial charge in [-0.05, 0) is 31.4 Å². The Morgan fingerprint density at radius 1 is 1.25 bits per heavy atom. The van der Waals surface area contributed by atoms with Gasteiger partial charge in [0.2, 0.25) is 0 Å². The predicted octanol–water partition coefficient (Wildman–Crippen LogP) is 1.58. The number of hydrogen-bond donors (Lipinski definition) is 2. The topological polar surface area (TPSA) is 74.3 Å². The average Bonchev–Trinajstić information content (AvgIpc) is 2.46. The van der Waals surface area contributed by atoms with E-state index in [0.29, 0.717) is 5.82 Å². The Hall–Kier alpha value is -1.18. The molecule has 2 rings (SSSR count). The highest BCUT2D eigenvalue weighted by Gasteiger charge is 2.20. The van der Waals surface area contributed by atoms with Crippen molar-refractivity contribution in [1.82, 2.24) is 14.8 Å². The van der Waals surface area contributed by atoms with Crippen molar-refractivity contribution in [3.05, 3.63) is 18.3 Å². The molecular weight excluding hydrogens is 276 g/mol. The van der Waals surface area contributed by atoms with Crippen LogP contribution in [0, 0.1) is 0 Å². The molecule has 1 aliphatic heterocycles. The van der Waals surface area contributed by atoms with E-state index in [0.717, 1.165) is 45.3 Å². The number of hydrazine groups is 1. The van der Waals surface area contributed by atoms with Gasteiger partial charge in [0.1, 0.15) is 10.7 Å². The summed E-state index contributed by atoms with van der Waals surface area (Å²) < 4.78 is 24.4. The summed E-state index contributed by atoms with van der Waals surface area (Å²) in [5, 5.41) is 4.88. The van der Waals surface area contributed by atoms with Crippen LogP contribution in [0.4, 0.5) is 5.82 Å². The standard InChI is InChI=1S/C13H22N4O2S/c1-2-8-14-13-7-6-12(11-15-13)20(18,19)16-17-9-4-3-5-10-17/h6-7,11,16H,2-5,8-10H2,1H3,(H,14,15). The van der Waals surface area contributed by atoms with E-state index in [1.165, 1.54) is 6.20 Å². The van der Waals surface area contributed by atoms with Gasteiger partial charge in [0.05, 0.1) is 0 Å². The molecule has 1 aliphatic rings. The van der Waals surface area contributed by atoms with Crippen LogP contribution in [0.15, 0.2) is 23.2 Å². The van der Waals surface area contributed by atoms with Crippen molar-refractivity contribution in [2.45, 2.75) is 37.5 Å². The highest BCUT2D eigenvalue weighted by Crippen LogP contribution is 2.13. The summed E-state index contributed by atoms with van der Waals surface area (Å²) in [5.74, 6) is 0.698. The summed E-state index contributed by atoms with van der Waals surface area (Å²) >= 11 is 0. The normalized spacial score (nSPS) is 17.1. The number of pyridine rings is 1. The van der Waals surface area contributed by atoms with Gasteiger partial charge in [-0.15, -0.1) is 4.83 Å². The van der Waals surface area contributed by atoms with Crippen molar-refractivity contribution in [2.24, 2.45) is 0 Å². The monoisotopic (exact) mass is 298 g/mol. The van der Waals surface area contributed by atoms with Crippen LogP contribution >= 0.6 is 0 Å². The van der Waals surface area contributed by atoms with Crippen molar-refractivity contribution in [3.8, 4) is 0 Å². The van der Waals surface area contributed by atoms with Crippen molar-refractivity contribution in [3.63, 3.8) is 0 Å². The number of rotatable bonds is 6. The second kappa shape index (κ2) is 7.01. The van der Waals surface area contributed by atoms with Crippen LogP contribution in [0.2, 0.25) is 0 Å². The Morgan fingerprint density at radius 2 is 2.00 bits per heavy atom. The molecule has 0 amide bonds. The Morgan fingerprint density at radius 3 is 2.60 bits per heavy atom. The third kappa shape index (κ3) is 4.16. The summed E-state index contributed by atoms with van der Waals surface area (Å²) in [5.41, 5.74) is 0. The molecule has 0 aliphatic carbocycles. The number of nitrogens with one attached hydrogen (secondary N) is 2. The van der Waals surface area contributed by atoms with Crippen LogP contribution in [0.3, 0.4) is 0 Å². The van der Waals surface area contributed by atoms with Gasteiger partial charge in [0, 0.05) is 25.8 Å². The lowest BCUT2D eigenvalue weighted by atomic mass is 10.2. The molecule has 1 aromatic heterocycles. The van der Waals surface area contributed by atoms with E-state index in [1.807, 2.05) is 0 Å². The van der Waals surface area contributed by atoms with Gasteiger partial charge in [0.15, 0.2) is 0 Å². The Balaban J connectivity index is 2.01. The third-order valence-corrected chi connectivity index (χ3v) is 4.57. The molecule has 0 aromatic carbocycles. The van der Waals surface area contributed by atoms with Crippen molar-refractivity contribution < 1.29 is 8.42 Å². The summed E-state index contributed by atoms with van der Waals surface area (Å²) in [7, 11) is -3.51. The number of piperidine rings is 1. The first-order valence-corrected chi connectivity index (χ1v) is 8.57. The van der Waals surface area contributed by atoms with Crippen LogP contribution in [-0.4, -0.2) is 38.0 Å². The minimum Gasteiger partial charge on any atom is -0.370 e. The molecule has 0 unspecified atom stereocenters. The molecule has 0 bridgehead atoms. The molecule has 0 spiro atoms. The van der Waals surface area contributed by atoms with Gasteiger partial charge in [-0.25, -0.2) is 18.4 Å². The van der Waals surface area contributed by atoms with Crippen LogP contribution < -0.4 is 10.1 Å². The SMILES string of the molecule is CCCNc1ccc(S(=O)(=O)NN2CCCCC2)cn1. The molecule has 1 saturated heterocycles. The molecule has 7 heteroatoms. The van der Waals surface area contributed by atoms with Crippen LogP contribution in [-0.2, 0) is 10.0 Å². The van der Waals surface area contributed by atoms with E-state index in [2.05, 4.69) is 22.1 Å². The van der Waals surface area contributed by atoms with Crippen molar-refractivity contribution in [1.29, 1.82) is 0 Å². The molecule has 2 heterocycles. The summed E-state index contributed by atoms with van der Waals surface area (Å²) in [6.07, 6.45) is 5.61. The third-order valence-electron chi connectivity index (χ3n) is 3.21. The fraction of sp³-hybridized carbons (Fsp3) is 0.615. The lowest BCUT2D eigenvalue weighted by molar-refractivity contribution is 0.200. The second-order valence-electron chi connectivity index (χ2n) is 4.95. The van der Waals surface area contributed by atoms with E-state index in [9.17, 15) is 8.42 Å².